The van der Waals surface area contributed by atoms with Crippen LogP contribution in [0.15, 0.2) is 0 Å². The van der Waals surface area contributed by atoms with E-state index in [1.165, 1.54) is 6.92 Å². The second-order valence-electron chi connectivity index (χ2n) is 3.49. The SMILES string of the molecule is CCNC(C)(C)C(=O)NS(=O)(=O)CC. The lowest BCUT2D eigenvalue weighted by Crippen LogP contribution is -2.54. The fourth-order valence-electron chi connectivity index (χ4n) is 0.863. The molecule has 5 nitrogen and oxygen atoms in total. The van der Waals surface area contributed by atoms with Crippen molar-refractivity contribution in [2.45, 2.75) is 33.2 Å². The van der Waals surface area contributed by atoms with Gasteiger partial charge in [-0.25, -0.2) is 8.42 Å². The molecule has 6 heteroatoms. The van der Waals surface area contributed by atoms with Gasteiger partial charge in [0, 0.05) is 0 Å². The van der Waals surface area contributed by atoms with Crippen LogP contribution < -0.4 is 10.0 Å². The maximum Gasteiger partial charge on any atom is 0.253 e. The minimum atomic E-state index is -3.46. The first-order valence-electron chi connectivity index (χ1n) is 4.55. The summed E-state index contributed by atoms with van der Waals surface area (Å²) in [6, 6.07) is 0. The predicted molar refractivity (Wildman–Crippen MR) is 55.4 cm³/mol. The zero-order valence-electron chi connectivity index (χ0n) is 9.05. The first-order valence-corrected chi connectivity index (χ1v) is 6.20. The molecule has 0 aliphatic heterocycles. The Bertz CT molecular complexity index is 296. The number of carbonyl (C=O) groups is 1. The molecule has 0 aromatic heterocycles. The van der Waals surface area contributed by atoms with Gasteiger partial charge in [-0.1, -0.05) is 6.92 Å². The molecule has 0 heterocycles. The topological polar surface area (TPSA) is 75.3 Å². The number of amides is 1. The number of likely N-dealkylation sites (N-methyl/N-ethyl adjacent to an activating group) is 1. The molecule has 0 aliphatic carbocycles. The fourth-order valence-corrected chi connectivity index (χ4v) is 1.55. The summed E-state index contributed by atoms with van der Waals surface area (Å²) in [7, 11) is -3.46. The standard InChI is InChI=1S/C8H18N2O3S/c1-5-9-8(3,4)7(11)10-14(12,13)6-2/h9H,5-6H2,1-4H3,(H,10,11). The summed E-state index contributed by atoms with van der Waals surface area (Å²) in [5.74, 6) is -0.623. The predicted octanol–water partition coefficient (Wildman–Crippen LogP) is -0.160. The van der Waals surface area contributed by atoms with Crippen LogP contribution in [-0.4, -0.2) is 32.2 Å². The van der Waals surface area contributed by atoms with Gasteiger partial charge in [0.15, 0.2) is 0 Å². The lowest BCUT2D eigenvalue weighted by atomic mass is 10.1. The van der Waals surface area contributed by atoms with Crippen molar-refractivity contribution in [3.63, 3.8) is 0 Å². The van der Waals surface area contributed by atoms with E-state index in [9.17, 15) is 13.2 Å². The van der Waals surface area contributed by atoms with Crippen LogP contribution in [0.2, 0.25) is 0 Å². The minimum absolute atomic E-state index is 0.0963. The molecule has 0 spiro atoms. The van der Waals surface area contributed by atoms with Crippen molar-refractivity contribution < 1.29 is 13.2 Å². The van der Waals surface area contributed by atoms with Gasteiger partial charge in [-0.05, 0) is 27.3 Å². The maximum atomic E-state index is 11.5. The van der Waals surface area contributed by atoms with E-state index < -0.39 is 21.5 Å². The summed E-state index contributed by atoms with van der Waals surface area (Å²) in [6.45, 7) is 7.21. The Morgan fingerprint density at radius 3 is 2.14 bits per heavy atom. The molecule has 0 rings (SSSR count). The molecule has 1 amide bonds. The van der Waals surface area contributed by atoms with Crippen LogP contribution in [0, 0.1) is 0 Å². The molecular formula is C8H18N2O3S. The number of carbonyl (C=O) groups excluding carboxylic acids is 1. The van der Waals surface area contributed by atoms with Crippen LogP contribution in [0.1, 0.15) is 27.7 Å². The monoisotopic (exact) mass is 222 g/mol. The molecule has 84 valence electrons. The van der Waals surface area contributed by atoms with Gasteiger partial charge < -0.3 is 5.32 Å². The van der Waals surface area contributed by atoms with E-state index in [2.05, 4.69) is 5.32 Å². The number of nitrogens with one attached hydrogen (secondary N) is 2. The van der Waals surface area contributed by atoms with E-state index in [1.54, 1.807) is 13.8 Å². The van der Waals surface area contributed by atoms with Gasteiger partial charge in [0.25, 0.3) is 5.91 Å². The molecule has 0 aromatic carbocycles. The third kappa shape index (κ3) is 4.06. The largest absolute Gasteiger partial charge is 0.304 e. The van der Waals surface area contributed by atoms with Crippen LogP contribution in [0.25, 0.3) is 0 Å². The Labute approximate surface area is 85.3 Å². The van der Waals surface area contributed by atoms with Crippen LogP contribution in [0.4, 0.5) is 0 Å². The lowest BCUT2D eigenvalue weighted by Gasteiger charge is -2.23. The van der Waals surface area contributed by atoms with E-state index in [-0.39, 0.29) is 5.75 Å². The highest BCUT2D eigenvalue weighted by Gasteiger charge is 2.28. The molecule has 0 atom stereocenters. The van der Waals surface area contributed by atoms with Crippen LogP contribution in [0.3, 0.4) is 0 Å². The average molecular weight is 222 g/mol. The van der Waals surface area contributed by atoms with E-state index in [0.29, 0.717) is 6.54 Å². The summed E-state index contributed by atoms with van der Waals surface area (Å²) in [5.41, 5.74) is -0.864. The molecule has 0 saturated carbocycles. The van der Waals surface area contributed by atoms with Crippen molar-refractivity contribution in [2.75, 3.05) is 12.3 Å². The molecule has 0 bridgehead atoms. The number of rotatable bonds is 5. The molecule has 2 N–H and O–H groups in total. The molecule has 0 saturated heterocycles. The van der Waals surface area contributed by atoms with Crippen LogP contribution >= 0.6 is 0 Å². The highest BCUT2D eigenvalue weighted by Crippen LogP contribution is 2.02. The van der Waals surface area contributed by atoms with Gasteiger partial charge in [0.05, 0.1) is 11.3 Å². The number of sulfonamides is 1. The van der Waals surface area contributed by atoms with E-state index in [1.807, 2.05) is 11.6 Å². The zero-order valence-corrected chi connectivity index (χ0v) is 9.86. The van der Waals surface area contributed by atoms with E-state index in [0.717, 1.165) is 0 Å². The minimum Gasteiger partial charge on any atom is -0.304 e. The first-order chi connectivity index (χ1) is 6.25. The molecular weight excluding hydrogens is 204 g/mol. The highest BCUT2D eigenvalue weighted by molar-refractivity contribution is 7.90. The van der Waals surface area contributed by atoms with Crippen molar-refractivity contribution >= 4 is 15.9 Å². The normalized spacial score (nSPS) is 12.6. The molecule has 0 aromatic rings. The Morgan fingerprint density at radius 2 is 1.79 bits per heavy atom. The third-order valence-electron chi connectivity index (χ3n) is 1.81. The average Bonchev–Trinajstić information content (AvgIpc) is 2.03. The van der Waals surface area contributed by atoms with Crippen molar-refractivity contribution in [3.05, 3.63) is 0 Å². The number of hydrogen-bond donors (Lipinski definition) is 2. The molecule has 14 heavy (non-hydrogen) atoms. The number of hydrogen-bond acceptors (Lipinski definition) is 4. The third-order valence-corrected chi connectivity index (χ3v) is 3.07. The summed E-state index contributed by atoms with van der Waals surface area (Å²) >= 11 is 0. The Morgan fingerprint density at radius 1 is 1.29 bits per heavy atom. The molecule has 0 unspecified atom stereocenters. The van der Waals surface area contributed by atoms with Gasteiger partial charge >= 0.3 is 0 Å². The van der Waals surface area contributed by atoms with E-state index >= 15 is 0 Å². The highest BCUT2D eigenvalue weighted by atomic mass is 32.2. The van der Waals surface area contributed by atoms with Gasteiger partial charge in [-0.15, -0.1) is 0 Å². The molecule has 0 fully saturated rings. The van der Waals surface area contributed by atoms with Gasteiger partial charge in [0.1, 0.15) is 0 Å². The lowest BCUT2D eigenvalue weighted by molar-refractivity contribution is -0.124. The Kier molecular flexibility index (Phi) is 4.54. The molecule has 0 aliphatic rings. The summed E-state index contributed by atoms with van der Waals surface area (Å²) in [6.07, 6.45) is 0. The maximum absolute atomic E-state index is 11.5. The fraction of sp³-hybridized carbons (Fsp3) is 0.875. The second kappa shape index (κ2) is 4.75. The summed E-state index contributed by atoms with van der Waals surface area (Å²) in [5, 5.41) is 2.89. The van der Waals surface area contributed by atoms with E-state index in [4.69, 9.17) is 0 Å². The summed E-state index contributed by atoms with van der Waals surface area (Å²) in [4.78, 5) is 11.5. The van der Waals surface area contributed by atoms with Crippen LogP contribution in [-0.2, 0) is 14.8 Å². The van der Waals surface area contributed by atoms with Gasteiger partial charge in [-0.3, -0.25) is 9.52 Å². The smallest absolute Gasteiger partial charge is 0.253 e. The quantitative estimate of drug-likeness (QED) is 0.678. The van der Waals surface area contributed by atoms with Crippen molar-refractivity contribution in [2.24, 2.45) is 0 Å². The van der Waals surface area contributed by atoms with Crippen molar-refractivity contribution in [1.82, 2.24) is 10.0 Å². The molecule has 0 radical (unpaired) electrons. The van der Waals surface area contributed by atoms with Crippen LogP contribution in [0.5, 0.6) is 0 Å². The van der Waals surface area contributed by atoms with Gasteiger partial charge in [-0.2, -0.15) is 0 Å². The Balaban J connectivity index is 4.50. The van der Waals surface area contributed by atoms with Crippen molar-refractivity contribution in [3.8, 4) is 0 Å². The second-order valence-corrected chi connectivity index (χ2v) is 5.50. The Hall–Kier alpha value is -0.620. The first kappa shape index (κ1) is 13.4. The van der Waals surface area contributed by atoms with Crippen molar-refractivity contribution in [1.29, 1.82) is 0 Å². The summed E-state index contributed by atoms with van der Waals surface area (Å²) < 4.78 is 24.2. The zero-order chi connectivity index (χ0) is 11.4. The van der Waals surface area contributed by atoms with Gasteiger partial charge in [0.2, 0.25) is 10.0 Å².